The first-order valence-electron chi connectivity index (χ1n) is 13.9. The van der Waals surface area contributed by atoms with Crippen molar-refractivity contribution >= 4 is 50.9 Å². The first kappa shape index (κ1) is 31.7. The molecule has 11 heteroatoms. The molecule has 0 aliphatic carbocycles. The summed E-state index contributed by atoms with van der Waals surface area (Å²) in [6, 6.07) is 16.1. The number of aromatic nitrogens is 1. The summed E-state index contributed by atoms with van der Waals surface area (Å²) in [5.74, 6) is -0.0165. The van der Waals surface area contributed by atoms with Crippen LogP contribution in [0.5, 0.6) is 11.5 Å². The van der Waals surface area contributed by atoms with Crippen molar-refractivity contribution in [2.75, 3.05) is 6.61 Å². The number of fused-ring (bicyclic) bond motifs is 1. The molecule has 1 aliphatic heterocycles. The molecule has 0 bridgehead atoms. The smallest absolute Gasteiger partial charge is 0.338 e. The van der Waals surface area contributed by atoms with E-state index in [9.17, 15) is 14.0 Å². The van der Waals surface area contributed by atoms with Crippen molar-refractivity contribution in [3.63, 3.8) is 0 Å². The van der Waals surface area contributed by atoms with Crippen molar-refractivity contribution in [2.24, 2.45) is 4.99 Å². The number of benzene rings is 3. The van der Waals surface area contributed by atoms with E-state index in [-0.39, 0.29) is 36.3 Å². The summed E-state index contributed by atoms with van der Waals surface area (Å²) in [5.41, 5.74) is 1.84. The molecule has 1 aromatic heterocycles. The minimum atomic E-state index is -0.842. The second-order valence-corrected chi connectivity index (χ2v) is 12.5. The Bertz CT molecular complexity index is 1950. The van der Waals surface area contributed by atoms with Crippen molar-refractivity contribution in [2.45, 2.75) is 46.4 Å². The highest BCUT2D eigenvalue weighted by molar-refractivity contribution is 9.10. The van der Waals surface area contributed by atoms with E-state index < -0.39 is 12.0 Å². The average molecular weight is 700 g/mol. The van der Waals surface area contributed by atoms with E-state index in [0.717, 1.165) is 0 Å². The zero-order valence-electron chi connectivity index (χ0n) is 24.4. The number of hydrogen-bond donors (Lipinski definition) is 0. The minimum Gasteiger partial charge on any atom is -0.491 e. The largest absolute Gasteiger partial charge is 0.491 e. The van der Waals surface area contributed by atoms with E-state index in [0.29, 0.717) is 52.7 Å². The van der Waals surface area contributed by atoms with Crippen LogP contribution in [0.15, 0.2) is 86.2 Å². The fraction of sp³-hybridized carbons (Fsp3) is 0.242. The number of allylic oxidation sites excluding steroid dienone is 1. The maximum atomic E-state index is 14.3. The van der Waals surface area contributed by atoms with Gasteiger partial charge in [0.25, 0.3) is 5.56 Å². The molecule has 0 N–H and O–H groups in total. The van der Waals surface area contributed by atoms with Gasteiger partial charge in [0.05, 0.1) is 33.0 Å². The highest BCUT2D eigenvalue weighted by atomic mass is 79.9. The SMILES string of the molecule is CCOC(=O)C1=C(C)N=c2s/c(=C\c3cc(Cl)cc(Br)c3OCc3ccccc3F)c(=O)n2[C@H]1c1ccccc1OC(C)C. The van der Waals surface area contributed by atoms with Crippen LogP contribution in [0.25, 0.3) is 6.08 Å². The highest BCUT2D eigenvalue weighted by Crippen LogP contribution is 2.37. The van der Waals surface area contributed by atoms with E-state index >= 15 is 0 Å². The molecule has 2 heterocycles. The first-order valence-corrected chi connectivity index (χ1v) is 15.9. The minimum absolute atomic E-state index is 0.0380. The molecule has 228 valence electrons. The topological polar surface area (TPSA) is 79.1 Å². The molecule has 0 fully saturated rings. The Balaban J connectivity index is 1.68. The van der Waals surface area contributed by atoms with Gasteiger partial charge in [-0.2, -0.15) is 0 Å². The molecule has 1 aliphatic rings. The molecule has 0 saturated carbocycles. The summed E-state index contributed by atoms with van der Waals surface area (Å²) in [5, 5.41) is 0.409. The van der Waals surface area contributed by atoms with Gasteiger partial charge >= 0.3 is 5.97 Å². The predicted octanol–water partition coefficient (Wildman–Crippen LogP) is 6.72. The molecule has 1 atom stereocenters. The summed E-state index contributed by atoms with van der Waals surface area (Å²) < 4.78 is 34.3. The van der Waals surface area contributed by atoms with Crippen LogP contribution >= 0.6 is 38.9 Å². The van der Waals surface area contributed by atoms with E-state index in [1.54, 1.807) is 50.3 Å². The Labute approximate surface area is 271 Å². The number of carbonyl (C=O) groups is 1. The molecular weight excluding hydrogens is 671 g/mol. The number of nitrogens with zero attached hydrogens (tertiary/aromatic N) is 2. The summed E-state index contributed by atoms with van der Waals surface area (Å²) >= 11 is 11.1. The number of hydrogen-bond acceptors (Lipinski definition) is 7. The molecule has 7 nitrogen and oxygen atoms in total. The summed E-state index contributed by atoms with van der Waals surface area (Å²) in [6.07, 6.45) is 1.51. The van der Waals surface area contributed by atoms with Gasteiger partial charge in [-0.3, -0.25) is 9.36 Å². The van der Waals surface area contributed by atoms with E-state index in [4.69, 9.17) is 25.8 Å². The van der Waals surface area contributed by atoms with Gasteiger partial charge in [-0.1, -0.05) is 59.3 Å². The van der Waals surface area contributed by atoms with Crippen molar-refractivity contribution in [1.29, 1.82) is 0 Å². The van der Waals surface area contributed by atoms with Gasteiger partial charge in [0.2, 0.25) is 0 Å². The maximum absolute atomic E-state index is 14.3. The number of rotatable bonds is 9. The molecular formula is C33H29BrClFN2O5S. The average Bonchev–Trinajstić information content (AvgIpc) is 3.26. The monoisotopic (exact) mass is 698 g/mol. The van der Waals surface area contributed by atoms with Crippen LogP contribution in [0.2, 0.25) is 5.02 Å². The zero-order valence-corrected chi connectivity index (χ0v) is 27.6. The molecule has 44 heavy (non-hydrogen) atoms. The van der Waals surface area contributed by atoms with Gasteiger partial charge in [0, 0.05) is 21.7 Å². The molecule has 0 amide bonds. The number of thiazole rings is 1. The van der Waals surface area contributed by atoms with Gasteiger partial charge in [-0.05, 0) is 74.0 Å². The van der Waals surface area contributed by atoms with Gasteiger partial charge in [0.15, 0.2) is 4.80 Å². The maximum Gasteiger partial charge on any atom is 0.338 e. The number of carbonyl (C=O) groups excluding carboxylic acids is 1. The van der Waals surface area contributed by atoms with Gasteiger partial charge in [-0.15, -0.1) is 0 Å². The van der Waals surface area contributed by atoms with E-state index in [1.807, 2.05) is 38.1 Å². The normalized spacial score (nSPS) is 14.8. The summed E-state index contributed by atoms with van der Waals surface area (Å²) in [4.78, 5) is 32.6. The molecule has 5 rings (SSSR count). The van der Waals surface area contributed by atoms with Crippen molar-refractivity contribution in [3.05, 3.63) is 124 Å². The quantitative estimate of drug-likeness (QED) is 0.181. The lowest BCUT2D eigenvalue weighted by Gasteiger charge is -2.26. The second-order valence-electron chi connectivity index (χ2n) is 10.2. The van der Waals surface area contributed by atoms with Gasteiger partial charge in [0.1, 0.15) is 30.0 Å². The fourth-order valence-corrected chi connectivity index (χ4v) is 6.89. The third-order valence-electron chi connectivity index (χ3n) is 6.75. The summed E-state index contributed by atoms with van der Waals surface area (Å²) in [7, 11) is 0. The third-order valence-corrected chi connectivity index (χ3v) is 8.54. The molecule has 0 unspecified atom stereocenters. The zero-order chi connectivity index (χ0) is 31.5. The predicted molar refractivity (Wildman–Crippen MR) is 172 cm³/mol. The Morgan fingerprint density at radius 3 is 2.64 bits per heavy atom. The van der Waals surface area contributed by atoms with Crippen LogP contribution < -0.4 is 24.4 Å². The molecule has 4 aromatic rings. The van der Waals surface area contributed by atoms with Gasteiger partial charge in [-0.25, -0.2) is 14.2 Å². The lowest BCUT2D eigenvalue weighted by molar-refractivity contribution is -0.139. The Morgan fingerprint density at radius 2 is 1.91 bits per heavy atom. The lowest BCUT2D eigenvalue weighted by Crippen LogP contribution is -2.40. The van der Waals surface area contributed by atoms with Crippen LogP contribution in [0.3, 0.4) is 0 Å². The van der Waals surface area contributed by atoms with Crippen molar-refractivity contribution in [1.82, 2.24) is 4.57 Å². The Hall–Kier alpha value is -3.73. The van der Waals surface area contributed by atoms with Crippen molar-refractivity contribution < 1.29 is 23.4 Å². The Kier molecular flexibility index (Phi) is 9.72. The third kappa shape index (κ3) is 6.52. The molecule has 0 spiro atoms. The molecule has 0 saturated heterocycles. The van der Waals surface area contributed by atoms with Crippen LogP contribution in [0.1, 0.15) is 50.4 Å². The standard InChI is InChI=1S/C33H29BrClFN2O5S/c1-5-41-32(40)28-19(4)37-33-38(29(28)23-11-7-9-13-26(23)43-18(2)3)31(39)27(44-33)15-21-14-22(35)16-24(34)30(21)42-17-20-10-6-8-12-25(20)36/h6-16,18,29H,5,17H2,1-4H3/b27-15-/t29-/m0/s1. The van der Waals surface area contributed by atoms with Crippen LogP contribution in [-0.2, 0) is 16.1 Å². The number of para-hydroxylation sites is 1. The van der Waals surface area contributed by atoms with Crippen LogP contribution in [-0.4, -0.2) is 23.2 Å². The summed E-state index contributed by atoms with van der Waals surface area (Å²) in [6.45, 7) is 7.39. The van der Waals surface area contributed by atoms with Crippen LogP contribution in [0, 0.1) is 5.82 Å². The van der Waals surface area contributed by atoms with E-state index in [1.165, 1.54) is 22.0 Å². The molecule has 0 radical (unpaired) electrons. The number of esters is 1. The van der Waals surface area contributed by atoms with Gasteiger partial charge < -0.3 is 14.2 Å². The number of halogens is 3. The second kappa shape index (κ2) is 13.5. The van der Waals surface area contributed by atoms with E-state index in [2.05, 4.69) is 20.9 Å². The first-order chi connectivity index (χ1) is 21.1. The molecule has 3 aromatic carbocycles. The Morgan fingerprint density at radius 1 is 1.18 bits per heavy atom. The fourth-order valence-electron chi connectivity index (χ4n) is 4.90. The van der Waals surface area contributed by atoms with Crippen LogP contribution in [0.4, 0.5) is 4.39 Å². The van der Waals surface area contributed by atoms with Crippen molar-refractivity contribution in [3.8, 4) is 11.5 Å². The highest BCUT2D eigenvalue weighted by Gasteiger charge is 2.35. The number of ether oxygens (including phenoxy) is 3. The lowest BCUT2D eigenvalue weighted by atomic mass is 9.95.